The van der Waals surface area contributed by atoms with E-state index in [1.54, 1.807) is 12.1 Å². The second-order valence-electron chi connectivity index (χ2n) is 3.48. The van der Waals surface area contributed by atoms with Crippen LogP contribution in [0.5, 0.6) is 0 Å². The van der Waals surface area contributed by atoms with Crippen molar-refractivity contribution in [1.29, 1.82) is 0 Å². The molecule has 7 heteroatoms. The number of carboxylic acids is 1. The summed E-state index contributed by atoms with van der Waals surface area (Å²) in [6, 6.07) is 5.32. The Morgan fingerprint density at radius 3 is 2.53 bits per heavy atom. The first kappa shape index (κ1) is 13.1. The van der Waals surface area contributed by atoms with Crippen molar-refractivity contribution in [2.75, 3.05) is 0 Å². The number of carboxylic acid groups (broad SMARTS) is 1. The average Bonchev–Trinajstić information content (AvgIpc) is 2.29. The lowest BCUT2D eigenvalue weighted by Crippen LogP contribution is -2.43. The van der Waals surface area contributed by atoms with Gasteiger partial charge in [-0.05, 0) is 12.5 Å². The lowest BCUT2D eigenvalue weighted by molar-refractivity contribution is -0.384. The third-order valence-electron chi connectivity index (χ3n) is 2.13. The first-order valence-electron chi connectivity index (χ1n) is 4.95. The zero-order valence-electron chi connectivity index (χ0n) is 9.21. The van der Waals surface area contributed by atoms with Crippen LogP contribution in [0.4, 0.5) is 5.69 Å². The largest absolute Gasteiger partial charge is 0.480 e. The quantitative estimate of drug-likeness (QED) is 0.497. The third-order valence-corrected chi connectivity index (χ3v) is 2.13. The summed E-state index contributed by atoms with van der Waals surface area (Å²) in [4.78, 5) is 20.4. The van der Waals surface area contributed by atoms with Gasteiger partial charge in [-0.1, -0.05) is 12.1 Å². The van der Waals surface area contributed by atoms with Crippen LogP contribution in [0, 0.1) is 10.1 Å². The van der Waals surface area contributed by atoms with E-state index in [0.717, 1.165) is 5.56 Å². The van der Waals surface area contributed by atoms with E-state index in [4.69, 9.17) is 5.11 Å². The number of nitro benzene ring substituents is 1. The van der Waals surface area contributed by atoms with E-state index in [0.29, 0.717) is 6.54 Å². The molecule has 1 unspecified atom stereocenters. The van der Waals surface area contributed by atoms with Crippen LogP contribution < -0.4 is 10.9 Å². The molecule has 1 aromatic carbocycles. The number of rotatable bonds is 6. The van der Waals surface area contributed by atoms with Crippen molar-refractivity contribution in [3.63, 3.8) is 0 Å². The van der Waals surface area contributed by atoms with Gasteiger partial charge in [-0.3, -0.25) is 20.3 Å². The molecule has 0 aromatic heterocycles. The number of carbonyl (C=O) groups is 1. The lowest BCUT2D eigenvalue weighted by atomic mass is 10.2. The zero-order chi connectivity index (χ0) is 12.8. The van der Waals surface area contributed by atoms with Gasteiger partial charge < -0.3 is 5.11 Å². The van der Waals surface area contributed by atoms with Crippen molar-refractivity contribution in [3.8, 4) is 0 Å². The van der Waals surface area contributed by atoms with Gasteiger partial charge in [0.25, 0.3) is 5.69 Å². The number of nitro groups is 1. The minimum atomic E-state index is -0.957. The Kier molecular flexibility index (Phi) is 4.56. The number of hydrogen-bond acceptors (Lipinski definition) is 5. The number of hydrogen-bond donors (Lipinski definition) is 3. The average molecular weight is 239 g/mol. The van der Waals surface area contributed by atoms with Crippen LogP contribution in [0.15, 0.2) is 24.3 Å². The van der Waals surface area contributed by atoms with Crippen molar-refractivity contribution in [2.24, 2.45) is 0 Å². The van der Waals surface area contributed by atoms with E-state index in [9.17, 15) is 14.9 Å². The molecular formula is C10H13N3O4. The lowest BCUT2D eigenvalue weighted by Gasteiger charge is -2.10. The van der Waals surface area contributed by atoms with Crippen LogP contribution in [0.2, 0.25) is 0 Å². The molecule has 0 amide bonds. The minimum Gasteiger partial charge on any atom is -0.480 e. The molecule has 0 bridgehead atoms. The van der Waals surface area contributed by atoms with Gasteiger partial charge in [0.05, 0.1) is 4.92 Å². The molecule has 0 saturated heterocycles. The molecule has 0 radical (unpaired) electrons. The first-order chi connectivity index (χ1) is 8.00. The Morgan fingerprint density at radius 2 is 2.06 bits per heavy atom. The van der Waals surface area contributed by atoms with Gasteiger partial charge >= 0.3 is 5.97 Å². The predicted octanol–water partition coefficient (Wildman–Crippen LogP) is 0.662. The highest BCUT2D eigenvalue weighted by Gasteiger charge is 2.08. The highest BCUT2D eigenvalue weighted by Crippen LogP contribution is 2.11. The molecule has 0 aliphatic carbocycles. The SMILES string of the molecule is CC(NNCc1ccc([N+](=O)[O-])cc1)C(=O)O. The molecule has 3 N–H and O–H groups in total. The van der Waals surface area contributed by atoms with Crippen LogP contribution in [-0.2, 0) is 11.3 Å². The highest BCUT2D eigenvalue weighted by molar-refractivity contribution is 5.72. The summed E-state index contributed by atoms with van der Waals surface area (Å²) in [5.74, 6) is -0.957. The van der Waals surface area contributed by atoms with Crippen molar-refractivity contribution >= 4 is 11.7 Å². The summed E-state index contributed by atoms with van der Waals surface area (Å²) in [7, 11) is 0. The van der Waals surface area contributed by atoms with Crippen molar-refractivity contribution < 1.29 is 14.8 Å². The molecule has 0 spiro atoms. The van der Waals surface area contributed by atoms with Crippen LogP contribution in [0.1, 0.15) is 12.5 Å². The minimum absolute atomic E-state index is 0.0283. The Bertz CT molecular complexity index is 405. The van der Waals surface area contributed by atoms with Crippen LogP contribution >= 0.6 is 0 Å². The molecule has 92 valence electrons. The number of non-ortho nitro benzene ring substituents is 1. The maximum atomic E-state index is 10.5. The molecule has 0 fully saturated rings. The van der Waals surface area contributed by atoms with E-state index in [2.05, 4.69) is 10.9 Å². The highest BCUT2D eigenvalue weighted by atomic mass is 16.6. The number of aliphatic carboxylic acids is 1. The second-order valence-corrected chi connectivity index (χ2v) is 3.48. The van der Waals surface area contributed by atoms with E-state index in [1.165, 1.54) is 19.1 Å². The van der Waals surface area contributed by atoms with Gasteiger partial charge in [0.2, 0.25) is 0 Å². The summed E-state index contributed by atoms with van der Waals surface area (Å²) >= 11 is 0. The van der Waals surface area contributed by atoms with Gasteiger partial charge in [0.1, 0.15) is 6.04 Å². The van der Waals surface area contributed by atoms with Gasteiger partial charge in [-0.25, -0.2) is 5.43 Å². The maximum Gasteiger partial charge on any atom is 0.321 e. The third kappa shape index (κ3) is 4.17. The fourth-order valence-electron chi connectivity index (χ4n) is 1.10. The Morgan fingerprint density at radius 1 is 1.47 bits per heavy atom. The zero-order valence-corrected chi connectivity index (χ0v) is 9.21. The molecule has 1 aromatic rings. The first-order valence-corrected chi connectivity index (χ1v) is 4.95. The maximum absolute atomic E-state index is 10.5. The van der Waals surface area contributed by atoms with Gasteiger partial charge in [0, 0.05) is 18.7 Å². The van der Waals surface area contributed by atoms with E-state index >= 15 is 0 Å². The van der Waals surface area contributed by atoms with Crippen molar-refractivity contribution in [1.82, 2.24) is 10.9 Å². The molecule has 0 saturated carbocycles. The van der Waals surface area contributed by atoms with Gasteiger partial charge in [-0.2, -0.15) is 0 Å². The summed E-state index contributed by atoms with van der Waals surface area (Å²) < 4.78 is 0. The number of nitrogens with zero attached hydrogens (tertiary/aromatic N) is 1. The molecular weight excluding hydrogens is 226 g/mol. The van der Waals surface area contributed by atoms with Crippen LogP contribution in [0.3, 0.4) is 0 Å². The molecule has 0 aliphatic rings. The number of hydrazine groups is 1. The summed E-state index contributed by atoms with van der Waals surface area (Å²) in [5.41, 5.74) is 6.16. The van der Waals surface area contributed by atoms with E-state index in [-0.39, 0.29) is 5.69 Å². The number of benzene rings is 1. The Balaban J connectivity index is 2.42. The fraction of sp³-hybridized carbons (Fsp3) is 0.300. The van der Waals surface area contributed by atoms with Gasteiger partial charge in [-0.15, -0.1) is 0 Å². The Labute approximate surface area is 97.6 Å². The molecule has 17 heavy (non-hydrogen) atoms. The fourth-order valence-corrected chi connectivity index (χ4v) is 1.10. The summed E-state index contributed by atoms with van der Waals surface area (Å²) in [6.45, 7) is 1.89. The van der Waals surface area contributed by atoms with E-state index < -0.39 is 16.9 Å². The Hall–Kier alpha value is -1.99. The van der Waals surface area contributed by atoms with Crippen molar-refractivity contribution in [2.45, 2.75) is 19.5 Å². The molecule has 7 nitrogen and oxygen atoms in total. The second kappa shape index (κ2) is 5.92. The smallest absolute Gasteiger partial charge is 0.321 e. The van der Waals surface area contributed by atoms with Crippen molar-refractivity contribution in [3.05, 3.63) is 39.9 Å². The molecule has 0 heterocycles. The van der Waals surface area contributed by atoms with E-state index in [1.807, 2.05) is 0 Å². The number of nitrogens with one attached hydrogen (secondary N) is 2. The predicted molar refractivity (Wildman–Crippen MR) is 60.2 cm³/mol. The monoisotopic (exact) mass is 239 g/mol. The summed E-state index contributed by atoms with van der Waals surface area (Å²) in [5, 5.41) is 19.0. The standard InChI is InChI=1S/C10H13N3O4/c1-7(10(14)15)12-11-6-8-2-4-9(5-3-8)13(16)17/h2-5,7,11-12H,6H2,1H3,(H,14,15). The van der Waals surface area contributed by atoms with Crippen LogP contribution in [0.25, 0.3) is 0 Å². The van der Waals surface area contributed by atoms with Gasteiger partial charge in [0.15, 0.2) is 0 Å². The molecule has 0 aliphatic heterocycles. The summed E-state index contributed by atoms with van der Waals surface area (Å²) in [6.07, 6.45) is 0. The normalized spacial score (nSPS) is 12.1. The molecule has 1 atom stereocenters. The topological polar surface area (TPSA) is 105 Å². The molecule has 1 rings (SSSR count). The van der Waals surface area contributed by atoms with Crippen LogP contribution in [-0.4, -0.2) is 22.0 Å².